The largest absolute Gasteiger partial charge is 0.348 e. The highest BCUT2D eigenvalue weighted by molar-refractivity contribution is 5.85. The van der Waals surface area contributed by atoms with E-state index in [9.17, 15) is 0 Å². The van der Waals surface area contributed by atoms with Crippen LogP contribution in [0.1, 0.15) is 30.2 Å². The summed E-state index contributed by atoms with van der Waals surface area (Å²) in [5.74, 6) is 0. The minimum absolute atomic E-state index is 0.969. The number of hydrogen-bond donors (Lipinski definition) is 1. The molecule has 0 saturated carbocycles. The molecule has 0 radical (unpaired) electrons. The Kier molecular flexibility index (Phi) is 3.53. The molecule has 0 unspecified atom stereocenters. The van der Waals surface area contributed by atoms with Gasteiger partial charge in [-0.15, -0.1) is 0 Å². The number of rotatable bonds is 4. The molecule has 0 amide bonds. The van der Waals surface area contributed by atoms with Gasteiger partial charge in [0.25, 0.3) is 0 Å². The molecule has 1 heterocycles. The molecule has 17 heavy (non-hydrogen) atoms. The van der Waals surface area contributed by atoms with Gasteiger partial charge in [-0.25, -0.2) is 0 Å². The second-order valence-corrected chi connectivity index (χ2v) is 4.80. The molecule has 2 nitrogen and oxygen atoms in total. The van der Waals surface area contributed by atoms with Crippen LogP contribution in [0.15, 0.2) is 18.2 Å². The Labute approximate surface area is 104 Å². The summed E-state index contributed by atoms with van der Waals surface area (Å²) >= 11 is 0. The summed E-state index contributed by atoms with van der Waals surface area (Å²) in [5.41, 5.74) is 5.47. The standard InChI is InChI=1S/C15H22N2/c1-5-8-16-10-13-6-7-15-14(9-13)11(2)12(3)17(15)4/h6-7,9,16H,5,8,10H2,1-4H3. The van der Waals surface area contributed by atoms with E-state index in [0.29, 0.717) is 0 Å². The average Bonchev–Trinajstić information content (AvgIpc) is 2.55. The smallest absolute Gasteiger partial charge is 0.0482 e. The van der Waals surface area contributed by atoms with Crippen LogP contribution in [0, 0.1) is 13.8 Å². The normalized spacial score (nSPS) is 11.3. The van der Waals surface area contributed by atoms with E-state index in [1.807, 2.05) is 0 Å². The van der Waals surface area contributed by atoms with Crippen molar-refractivity contribution in [3.8, 4) is 0 Å². The molecule has 1 aromatic carbocycles. The van der Waals surface area contributed by atoms with Gasteiger partial charge >= 0.3 is 0 Å². The summed E-state index contributed by atoms with van der Waals surface area (Å²) in [7, 11) is 2.14. The molecule has 0 spiro atoms. The molecule has 0 fully saturated rings. The monoisotopic (exact) mass is 230 g/mol. The van der Waals surface area contributed by atoms with Crippen LogP contribution in [0.3, 0.4) is 0 Å². The van der Waals surface area contributed by atoms with Gasteiger partial charge in [0.1, 0.15) is 0 Å². The summed E-state index contributed by atoms with van der Waals surface area (Å²) in [6.45, 7) is 8.65. The van der Waals surface area contributed by atoms with Gasteiger partial charge in [0, 0.05) is 30.2 Å². The van der Waals surface area contributed by atoms with Crippen molar-refractivity contribution >= 4 is 10.9 Å². The molecule has 0 aliphatic heterocycles. The third-order valence-corrected chi connectivity index (χ3v) is 3.63. The van der Waals surface area contributed by atoms with Crippen molar-refractivity contribution in [3.63, 3.8) is 0 Å². The first-order chi connectivity index (χ1) is 8.15. The molecule has 0 aliphatic rings. The van der Waals surface area contributed by atoms with Crippen molar-refractivity contribution in [2.45, 2.75) is 33.7 Å². The van der Waals surface area contributed by atoms with Crippen molar-refractivity contribution in [1.82, 2.24) is 9.88 Å². The van der Waals surface area contributed by atoms with Crippen LogP contribution in [-0.2, 0) is 13.6 Å². The molecule has 0 atom stereocenters. The fourth-order valence-electron chi connectivity index (χ4n) is 2.32. The van der Waals surface area contributed by atoms with Crippen LogP contribution in [0.5, 0.6) is 0 Å². The van der Waals surface area contributed by atoms with Crippen molar-refractivity contribution in [2.24, 2.45) is 7.05 Å². The van der Waals surface area contributed by atoms with Gasteiger partial charge in [0.05, 0.1) is 0 Å². The predicted molar refractivity (Wildman–Crippen MR) is 74.4 cm³/mol. The van der Waals surface area contributed by atoms with Gasteiger partial charge in [-0.2, -0.15) is 0 Å². The van der Waals surface area contributed by atoms with Gasteiger partial charge < -0.3 is 9.88 Å². The quantitative estimate of drug-likeness (QED) is 0.797. The fraction of sp³-hybridized carbons (Fsp3) is 0.467. The number of aryl methyl sites for hydroxylation is 2. The first-order valence-electron chi connectivity index (χ1n) is 6.40. The van der Waals surface area contributed by atoms with Crippen LogP contribution in [-0.4, -0.2) is 11.1 Å². The number of nitrogens with one attached hydrogen (secondary N) is 1. The third-order valence-electron chi connectivity index (χ3n) is 3.63. The topological polar surface area (TPSA) is 17.0 Å². The van der Waals surface area contributed by atoms with Gasteiger partial charge in [0.15, 0.2) is 0 Å². The Morgan fingerprint density at radius 2 is 2.00 bits per heavy atom. The summed E-state index contributed by atoms with van der Waals surface area (Å²) in [6, 6.07) is 6.78. The molecule has 1 N–H and O–H groups in total. The zero-order valence-electron chi connectivity index (χ0n) is 11.3. The zero-order valence-corrected chi connectivity index (χ0v) is 11.3. The first-order valence-corrected chi connectivity index (χ1v) is 6.40. The molecular weight excluding hydrogens is 208 g/mol. The number of hydrogen-bond acceptors (Lipinski definition) is 1. The Balaban J connectivity index is 2.34. The molecule has 0 bridgehead atoms. The van der Waals surface area contributed by atoms with E-state index in [2.05, 4.69) is 55.9 Å². The number of benzene rings is 1. The first kappa shape index (κ1) is 12.2. The SMILES string of the molecule is CCCNCc1ccc2c(c1)c(C)c(C)n2C. The van der Waals surface area contributed by atoms with E-state index in [1.54, 1.807) is 0 Å². The average molecular weight is 230 g/mol. The van der Waals surface area contributed by atoms with Crippen LogP contribution in [0.2, 0.25) is 0 Å². The lowest BCUT2D eigenvalue weighted by Gasteiger charge is -2.04. The van der Waals surface area contributed by atoms with Crippen molar-refractivity contribution in [1.29, 1.82) is 0 Å². The second-order valence-electron chi connectivity index (χ2n) is 4.80. The number of fused-ring (bicyclic) bond motifs is 1. The lowest BCUT2D eigenvalue weighted by atomic mass is 10.1. The summed E-state index contributed by atoms with van der Waals surface area (Å²) in [5, 5.41) is 4.84. The Hall–Kier alpha value is -1.28. The molecule has 0 saturated heterocycles. The minimum atomic E-state index is 0.969. The van der Waals surface area contributed by atoms with E-state index in [-0.39, 0.29) is 0 Å². The Bertz CT molecular complexity index is 523. The lowest BCUT2D eigenvalue weighted by Crippen LogP contribution is -2.13. The van der Waals surface area contributed by atoms with Gasteiger partial charge in [-0.1, -0.05) is 13.0 Å². The van der Waals surface area contributed by atoms with Crippen LogP contribution in [0.4, 0.5) is 0 Å². The highest BCUT2D eigenvalue weighted by atomic mass is 14.9. The number of nitrogens with zero attached hydrogens (tertiary/aromatic N) is 1. The Morgan fingerprint density at radius 1 is 1.24 bits per heavy atom. The van der Waals surface area contributed by atoms with Crippen molar-refractivity contribution in [2.75, 3.05) is 6.54 Å². The van der Waals surface area contributed by atoms with E-state index >= 15 is 0 Å². The minimum Gasteiger partial charge on any atom is -0.348 e. The molecular formula is C15H22N2. The fourth-order valence-corrected chi connectivity index (χ4v) is 2.32. The summed E-state index contributed by atoms with van der Waals surface area (Å²) in [4.78, 5) is 0. The highest BCUT2D eigenvalue weighted by Crippen LogP contribution is 2.24. The summed E-state index contributed by atoms with van der Waals surface area (Å²) < 4.78 is 2.27. The van der Waals surface area contributed by atoms with E-state index < -0.39 is 0 Å². The van der Waals surface area contributed by atoms with Gasteiger partial charge in [0.2, 0.25) is 0 Å². The van der Waals surface area contributed by atoms with Gasteiger partial charge in [-0.3, -0.25) is 0 Å². The molecule has 2 rings (SSSR count). The maximum Gasteiger partial charge on any atom is 0.0482 e. The lowest BCUT2D eigenvalue weighted by molar-refractivity contribution is 0.676. The van der Waals surface area contributed by atoms with Crippen molar-refractivity contribution in [3.05, 3.63) is 35.0 Å². The van der Waals surface area contributed by atoms with E-state index in [0.717, 1.165) is 13.1 Å². The highest BCUT2D eigenvalue weighted by Gasteiger charge is 2.08. The maximum absolute atomic E-state index is 3.45. The van der Waals surface area contributed by atoms with Gasteiger partial charge in [-0.05, 0) is 50.1 Å². The Morgan fingerprint density at radius 3 is 2.71 bits per heavy atom. The van der Waals surface area contributed by atoms with E-state index in [1.165, 1.54) is 34.1 Å². The number of aromatic nitrogens is 1. The van der Waals surface area contributed by atoms with Crippen LogP contribution >= 0.6 is 0 Å². The zero-order chi connectivity index (χ0) is 12.4. The molecule has 1 aromatic heterocycles. The second kappa shape index (κ2) is 4.92. The predicted octanol–water partition coefficient (Wildman–Crippen LogP) is 3.29. The molecule has 2 heteroatoms. The van der Waals surface area contributed by atoms with Crippen molar-refractivity contribution < 1.29 is 0 Å². The van der Waals surface area contributed by atoms with Crippen LogP contribution < -0.4 is 5.32 Å². The molecule has 2 aromatic rings. The third kappa shape index (κ3) is 2.22. The molecule has 0 aliphatic carbocycles. The van der Waals surface area contributed by atoms with Crippen LogP contribution in [0.25, 0.3) is 10.9 Å². The van der Waals surface area contributed by atoms with E-state index in [4.69, 9.17) is 0 Å². The maximum atomic E-state index is 3.45. The summed E-state index contributed by atoms with van der Waals surface area (Å²) in [6.07, 6.45) is 1.19. The molecule has 92 valence electrons.